The van der Waals surface area contributed by atoms with Gasteiger partial charge in [-0.15, -0.1) is 0 Å². The summed E-state index contributed by atoms with van der Waals surface area (Å²) < 4.78 is 13.8. The molecule has 4 nitrogen and oxygen atoms in total. The van der Waals surface area contributed by atoms with Crippen LogP contribution < -0.4 is 0 Å². The molecule has 1 saturated heterocycles. The Morgan fingerprint density at radius 3 is 2.70 bits per heavy atom. The van der Waals surface area contributed by atoms with Gasteiger partial charge >= 0.3 is 0 Å². The van der Waals surface area contributed by atoms with Crippen molar-refractivity contribution in [3.05, 3.63) is 29.6 Å². The number of hydrogen-bond donors (Lipinski definition) is 1. The molecule has 1 aliphatic rings. The number of phenols is 1. The fourth-order valence-electron chi connectivity index (χ4n) is 2.51. The third kappa shape index (κ3) is 3.28. The Kier molecular flexibility index (Phi) is 4.60. The van der Waals surface area contributed by atoms with Crippen LogP contribution >= 0.6 is 0 Å². The van der Waals surface area contributed by atoms with Crippen LogP contribution in [0.3, 0.4) is 0 Å². The van der Waals surface area contributed by atoms with Crippen LogP contribution in [0.1, 0.15) is 31.4 Å². The first kappa shape index (κ1) is 14.8. The van der Waals surface area contributed by atoms with E-state index in [0.717, 1.165) is 32.0 Å². The molecule has 0 bridgehead atoms. The Labute approximate surface area is 118 Å². The second-order valence-corrected chi connectivity index (χ2v) is 5.38. The van der Waals surface area contributed by atoms with Crippen LogP contribution in [0.2, 0.25) is 0 Å². The molecule has 0 aromatic heterocycles. The predicted octanol–water partition coefficient (Wildman–Crippen LogP) is 2.15. The molecule has 1 amide bonds. The van der Waals surface area contributed by atoms with Crippen LogP contribution in [0.15, 0.2) is 18.2 Å². The van der Waals surface area contributed by atoms with Gasteiger partial charge < -0.3 is 10.0 Å². The maximum Gasteiger partial charge on any atom is 0.236 e. The molecule has 2 rings (SSSR count). The van der Waals surface area contributed by atoms with Crippen molar-refractivity contribution >= 4 is 5.91 Å². The van der Waals surface area contributed by atoms with Crippen LogP contribution in [0.25, 0.3) is 0 Å². The minimum atomic E-state index is -0.446. The minimum absolute atomic E-state index is 0.0887. The molecule has 0 aliphatic carbocycles. The van der Waals surface area contributed by atoms with Crippen molar-refractivity contribution in [3.63, 3.8) is 0 Å². The van der Waals surface area contributed by atoms with E-state index in [9.17, 15) is 14.3 Å². The molecule has 110 valence electrons. The first-order valence-corrected chi connectivity index (χ1v) is 6.95. The number of rotatable bonds is 4. The van der Waals surface area contributed by atoms with Crippen LogP contribution in [0, 0.1) is 5.82 Å². The second kappa shape index (κ2) is 6.22. The number of benzene rings is 1. The molecular weight excluding hydrogens is 259 g/mol. The number of likely N-dealkylation sites (N-methyl/N-ethyl adjacent to an activating group) is 1. The van der Waals surface area contributed by atoms with E-state index in [0.29, 0.717) is 5.56 Å². The number of aromatic hydroxyl groups is 1. The Hall–Kier alpha value is -1.62. The summed E-state index contributed by atoms with van der Waals surface area (Å²) in [6, 6.07) is 3.90. The molecule has 1 aromatic carbocycles. The topological polar surface area (TPSA) is 43.8 Å². The fourth-order valence-corrected chi connectivity index (χ4v) is 2.51. The van der Waals surface area contributed by atoms with Crippen molar-refractivity contribution < 1.29 is 14.3 Å². The lowest BCUT2D eigenvalue weighted by Crippen LogP contribution is -2.38. The lowest BCUT2D eigenvalue weighted by Gasteiger charge is -2.27. The van der Waals surface area contributed by atoms with E-state index in [-0.39, 0.29) is 24.2 Å². The van der Waals surface area contributed by atoms with Crippen molar-refractivity contribution in [2.75, 3.05) is 26.7 Å². The molecule has 1 aliphatic heterocycles. The summed E-state index contributed by atoms with van der Waals surface area (Å²) in [6.45, 7) is 3.79. The van der Waals surface area contributed by atoms with Gasteiger partial charge in [-0.2, -0.15) is 0 Å². The molecule has 0 saturated carbocycles. The summed E-state index contributed by atoms with van der Waals surface area (Å²) in [5, 5.41) is 9.23. The second-order valence-electron chi connectivity index (χ2n) is 5.38. The van der Waals surface area contributed by atoms with Gasteiger partial charge in [0.1, 0.15) is 11.6 Å². The highest BCUT2D eigenvalue weighted by Crippen LogP contribution is 2.24. The number of carbonyl (C=O) groups excluding carboxylic acids is 1. The van der Waals surface area contributed by atoms with Gasteiger partial charge in [0.05, 0.1) is 6.54 Å². The van der Waals surface area contributed by atoms with Crippen molar-refractivity contribution in [3.8, 4) is 5.75 Å². The van der Waals surface area contributed by atoms with Crippen LogP contribution in [-0.2, 0) is 4.79 Å². The summed E-state index contributed by atoms with van der Waals surface area (Å²) in [5.74, 6) is -0.441. The van der Waals surface area contributed by atoms with Gasteiger partial charge in [-0.1, -0.05) is 6.07 Å². The Balaban J connectivity index is 2.00. The predicted molar refractivity (Wildman–Crippen MR) is 74.9 cm³/mol. The molecule has 1 atom stereocenters. The average molecular weight is 280 g/mol. The molecule has 1 N–H and O–H groups in total. The van der Waals surface area contributed by atoms with Crippen molar-refractivity contribution in [1.29, 1.82) is 0 Å². The van der Waals surface area contributed by atoms with E-state index in [4.69, 9.17) is 0 Å². The zero-order valence-electron chi connectivity index (χ0n) is 12.0. The molecule has 20 heavy (non-hydrogen) atoms. The van der Waals surface area contributed by atoms with Gasteiger partial charge in [0, 0.05) is 30.8 Å². The number of amides is 1. The highest BCUT2D eigenvalue weighted by molar-refractivity contribution is 5.78. The number of halogens is 1. The van der Waals surface area contributed by atoms with Crippen molar-refractivity contribution in [2.24, 2.45) is 0 Å². The Morgan fingerprint density at radius 1 is 1.45 bits per heavy atom. The van der Waals surface area contributed by atoms with Crippen molar-refractivity contribution in [1.82, 2.24) is 9.80 Å². The van der Waals surface area contributed by atoms with Gasteiger partial charge in [-0.25, -0.2) is 4.39 Å². The quantitative estimate of drug-likeness (QED) is 0.919. The molecule has 0 spiro atoms. The molecule has 0 radical (unpaired) electrons. The lowest BCUT2D eigenvalue weighted by molar-refractivity contribution is -0.131. The molecule has 1 fully saturated rings. The van der Waals surface area contributed by atoms with E-state index in [1.54, 1.807) is 6.07 Å². The number of phenolic OH excluding ortho intramolecular Hbond substituents is 1. The Bertz CT molecular complexity index is 487. The van der Waals surface area contributed by atoms with E-state index < -0.39 is 5.82 Å². The smallest absolute Gasteiger partial charge is 0.236 e. The van der Waals surface area contributed by atoms with Crippen LogP contribution in [0.4, 0.5) is 4.39 Å². The summed E-state index contributed by atoms with van der Waals surface area (Å²) in [7, 11) is 1.81. The highest BCUT2D eigenvalue weighted by Gasteiger charge is 2.22. The molecular formula is C15H21FN2O2. The number of hydrogen-bond acceptors (Lipinski definition) is 3. The maximum atomic E-state index is 13.8. The molecule has 1 aromatic rings. The van der Waals surface area contributed by atoms with Gasteiger partial charge in [0.15, 0.2) is 0 Å². The van der Waals surface area contributed by atoms with Gasteiger partial charge in [-0.05, 0) is 32.9 Å². The average Bonchev–Trinajstić information content (AvgIpc) is 2.91. The first-order chi connectivity index (χ1) is 9.49. The van der Waals surface area contributed by atoms with Gasteiger partial charge in [-0.3, -0.25) is 9.69 Å². The van der Waals surface area contributed by atoms with Gasteiger partial charge in [0.25, 0.3) is 0 Å². The molecule has 5 heteroatoms. The minimum Gasteiger partial charge on any atom is -0.508 e. The summed E-state index contributed by atoms with van der Waals surface area (Å²) in [4.78, 5) is 15.8. The molecule has 1 unspecified atom stereocenters. The number of carbonyl (C=O) groups is 1. The van der Waals surface area contributed by atoms with E-state index in [1.807, 2.05) is 23.8 Å². The van der Waals surface area contributed by atoms with Crippen LogP contribution in [0.5, 0.6) is 5.75 Å². The Morgan fingerprint density at radius 2 is 2.10 bits per heavy atom. The van der Waals surface area contributed by atoms with Crippen molar-refractivity contribution in [2.45, 2.75) is 25.8 Å². The third-order valence-electron chi connectivity index (χ3n) is 3.94. The summed E-state index contributed by atoms with van der Waals surface area (Å²) in [6.07, 6.45) is 2.13. The molecule has 1 heterocycles. The number of nitrogens with zero attached hydrogens (tertiary/aromatic N) is 2. The summed E-state index contributed by atoms with van der Waals surface area (Å²) in [5.41, 5.74) is 0.486. The van der Waals surface area contributed by atoms with E-state index >= 15 is 0 Å². The van der Waals surface area contributed by atoms with E-state index in [1.165, 1.54) is 6.07 Å². The standard InChI is InChI=1S/C15H21FN2O2/c1-11(13-6-5-12(19)9-14(13)16)17(2)10-15(20)18-7-3-4-8-18/h5-6,9,11,19H,3-4,7-8,10H2,1-2H3. The fraction of sp³-hybridized carbons (Fsp3) is 0.533. The zero-order valence-corrected chi connectivity index (χ0v) is 12.0. The highest BCUT2D eigenvalue weighted by atomic mass is 19.1. The first-order valence-electron chi connectivity index (χ1n) is 6.95. The SMILES string of the molecule is CC(c1ccc(O)cc1F)N(C)CC(=O)N1CCCC1. The third-order valence-corrected chi connectivity index (χ3v) is 3.94. The number of likely N-dealkylation sites (tertiary alicyclic amines) is 1. The normalized spacial score (nSPS) is 16.7. The monoisotopic (exact) mass is 280 g/mol. The van der Waals surface area contributed by atoms with Crippen LogP contribution in [-0.4, -0.2) is 47.5 Å². The zero-order chi connectivity index (χ0) is 14.7. The van der Waals surface area contributed by atoms with Gasteiger partial charge in [0.2, 0.25) is 5.91 Å². The largest absolute Gasteiger partial charge is 0.508 e. The summed E-state index contributed by atoms with van der Waals surface area (Å²) >= 11 is 0. The van der Waals surface area contributed by atoms with E-state index in [2.05, 4.69) is 0 Å². The maximum absolute atomic E-state index is 13.8. The lowest BCUT2D eigenvalue weighted by atomic mass is 10.1.